The first-order valence-electron chi connectivity index (χ1n) is 4.50. The fourth-order valence-corrected chi connectivity index (χ4v) is 1.32. The average molecular weight is 160 g/mol. The zero-order chi connectivity index (χ0) is 8.97. The third-order valence-electron chi connectivity index (χ3n) is 2.05. The van der Waals surface area contributed by atoms with Crippen molar-refractivity contribution in [2.75, 3.05) is 0 Å². The number of aryl methyl sites for hydroxylation is 1. The van der Waals surface area contributed by atoms with E-state index in [9.17, 15) is 0 Å². The molecule has 64 valence electrons. The van der Waals surface area contributed by atoms with Crippen molar-refractivity contribution in [1.82, 2.24) is 0 Å². The van der Waals surface area contributed by atoms with Gasteiger partial charge in [0.05, 0.1) is 0 Å². The molecule has 0 amide bonds. The van der Waals surface area contributed by atoms with Gasteiger partial charge in [-0.15, -0.1) is 0 Å². The molecule has 0 unspecified atom stereocenters. The molecule has 0 N–H and O–H groups in total. The Morgan fingerprint density at radius 2 is 2.17 bits per heavy atom. The van der Waals surface area contributed by atoms with Crippen molar-refractivity contribution in [3.05, 3.63) is 34.2 Å². The van der Waals surface area contributed by atoms with Crippen molar-refractivity contribution in [2.45, 2.75) is 26.7 Å². The topological polar surface area (TPSA) is 0 Å². The van der Waals surface area contributed by atoms with Gasteiger partial charge in [0.2, 0.25) is 0 Å². The molecule has 0 atom stereocenters. The van der Waals surface area contributed by atoms with Crippen LogP contribution >= 0.6 is 0 Å². The molecule has 0 bridgehead atoms. The van der Waals surface area contributed by atoms with Crippen molar-refractivity contribution in [3.8, 4) is 0 Å². The molecule has 0 heterocycles. The van der Waals surface area contributed by atoms with Crippen LogP contribution in [-0.4, -0.2) is 0 Å². The summed E-state index contributed by atoms with van der Waals surface area (Å²) in [6.45, 7) is 8.33. The molecule has 0 aliphatic heterocycles. The van der Waals surface area contributed by atoms with E-state index in [-0.39, 0.29) is 0 Å². The predicted molar refractivity (Wildman–Crippen MR) is 55.3 cm³/mol. The van der Waals surface area contributed by atoms with Crippen LogP contribution in [0.25, 0.3) is 12.7 Å². The summed E-state index contributed by atoms with van der Waals surface area (Å²) in [5.41, 5.74) is 1.33. The summed E-state index contributed by atoms with van der Waals surface area (Å²) < 4.78 is 0. The SMILES string of the molecule is C=c1cccc(C)c1=CCCC. The lowest BCUT2D eigenvalue weighted by Crippen LogP contribution is -2.25. The molecule has 0 spiro atoms. The molecular weight excluding hydrogens is 144 g/mol. The quantitative estimate of drug-likeness (QED) is 0.620. The van der Waals surface area contributed by atoms with Gasteiger partial charge < -0.3 is 0 Å². The van der Waals surface area contributed by atoms with E-state index in [0.29, 0.717) is 0 Å². The second-order valence-corrected chi connectivity index (χ2v) is 3.14. The fourth-order valence-electron chi connectivity index (χ4n) is 1.32. The summed E-state index contributed by atoms with van der Waals surface area (Å²) in [7, 11) is 0. The minimum atomic E-state index is 1.14. The van der Waals surface area contributed by atoms with Gasteiger partial charge in [0.25, 0.3) is 0 Å². The lowest BCUT2D eigenvalue weighted by molar-refractivity contribution is 0.990. The molecule has 0 aliphatic carbocycles. The maximum Gasteiger partial charge on any atom is -0.0201 e. The summed E-state index contributed by atoms with van der Waals surface area (Å²) in [5.74, 6) is 0. The fraction of sp³-hybridized carbons (Fsp3) is 0.333. The molecule has 12 heavy (non-hydrogen) atoms. The molecule has 0 nitrogen and oxygen atoms in total. The Balaban J connectivity index is 3.22. The first-order chi connectivity index (χ1) is 5.75. The number of rotatable bonds is 2. The Hall–Kier alpha value is -1.04. The van der Waals surface area contributed by atoms with Crippen molar-refractivity contribution >= 4 is 12.7 Å². The molecule has 0 saturated heterocycles. The summed E-state index contributed by atoms with van der Waals surface area (Å²) in [4.78, 5) is 0. The van der Waals surface area contributed by atoms with Crippen LogP contribution in [0, 0.1) is 6.92 Å². The number of benzene rings is 1. The van der Waals surface area contributed by atoms with E-state index in [1.54, 1.807) is 0 Å². The molecule has 1 rings (SSSR count). The van der Waals surface area contributed by atoms with Gasteiger partial charge in [-0.25, -0.2) is 0 Å². The molecule has 1 aromatic carbocycles. The van der Waals surface area contributed by atoms with Crippen LogP contribution in [0.5, 0.6) is 0 Å². The zero-order valence-corrected chi connectivity index (χ0v) is 7.93. The number of hydrogen-bond donors (Lipinski definition) is 0. The van der Waals surface area contributed by atoms with Gasteiger partial charge in [0.1, 0.15) is 0 Å². The predicted octanol–water partition coefficient (Wildman–Crippen LogP) is 1.99. The van der Waals surface area contributed by atoms with E-state index in [1.165, 1.54) is 17.2 Å². The summed E-state index contributed by atoms with van der Waals surface area (Å²) in [6.07, 6.45) is 4.62. The minimum absolute atomic E-state index is 1.14. The lowest BCUT2D eigenvalue weighted by Gasteiger charge is -1.94. The highest BCUT2D eigenvalue weighted by Gasteiger charge is 1.87. The van der Waals surface area contributed by atoms with Crippen molar-refractivity contribution < 1.29 is 0 Å². The summed E-state index contributed by atoms with van der Waals surface area (Å²) in [6, 6.07) is 6.26. The Labute approximate surface area is 74.2 Å². The van der Waals surface area contributed by atoms with E-state index in [1.807, 2.05) is 0 Å². The Morgan fingerprint density at radius 1 is 1.42 bits per heavy atom. The highest BCUT2D eigenvalue weighted by Crippen LogP contribution is 1.89. The third-order valence-corrected chi connectivity index (χ3v) is 2.05. The van der Waals surface area contributed by atoms with Gasteiger partial charge in [-0.2, -0.15) is 0 Å². The normalized spacial score (nSPS) is 12.0. The van der Waals surface area contributed by atoms with Gasteiger partial charge in [-0.05, 0) is 29.3 Å². The van der Waals surface area contributed by atoms with Crippen LogP contribution in [0.3, 0.4) is 0 Å². The smallest absolute Gasteiger partial charge is 0.0201 e. The summed E-state index contributed by atoms with van der Waals surface area (Å²) in [5, 5.41) is 2.46. The van der Waals surface area contributed by atoms with Gasteiger partial charge in [-0.3, -0.25) is 0 Å². The largest absolute Gasteiger partial charge is 0.0912 e. The Bertz CT molecular complexity index is 347. The van der Waals surface area contributed by atoms with Crippen molar-refractivity contribution in [3.63, 3.8) is 0 Å². The van der Waals surface area contributed by atoms with E-state index < -0.39 is 0 Å². The van der Waals surface area contributed by atoms with E-state index in [0.717, 1.165) is 11.6 Å². The highest BCUT2D eigenvalue weighted by molar-refractivity contribution is 5.31. The molecular formula is C12H16. The van der Waals surface area contributed by atoms with Crippen LogP contribution in [-0.2, 0) is 0 Å². The first kappa shape index (κ1) is 9.05. The van der Waals surface area contributed by atoms with Crippen LogP contribution in [0.1, 0.15) is 25.3 Å². The number of hydrogen-bond acceptors (Lipinski definition) is 0. The molecule has 0 radical (unpaired) electrons. The Morgan fingerprint density at radius 3 is 2.75 bits per heavy atom. The first-order valence-corrected chi connectivity index (χ1v) is 4.50. The van der Waals surface area contributed by atoms with Crippen LogP contribution in [0.4, 0.5) is 0 Å². The molecule has 0 aliphatic rings. The second-order valence-electron chi connectivity index (χ2n) is 3.14. The lowest BCUT2D eigenvalue weighted by atomic mass is 10.1. The average Bonchev–Trinajstić information content (AvgIpc) is 2.04. The van der Waals surface area contributed by atoms with Crippen LogP contribution in [0.2, 0.25) is 0 Å². The zero-order valence-electron chi connectivity index (χ0n) is 7.93. The van der Waals surface area contributed by atoms with Crippen LogP contribution < -0.4 is 10.4 Å². The molecule has 0 fully saturated rings. The van der Waals surface area contributed by atoms with Gasteiger partial charge in [-0.1, -0.05) is 44.2 Å². The van der Waals surface area contributed by atoms with Crippen molar-refractivity contribution in [2.24, 2.45) is 0 Å². The minimum Gasteiger partial charge on any atom is -0.0912 e. The molecule has 0 heteroatoms. The maximum absolute atomic E-state index is 4.00. The van der Waals surface area contributed by atoms with Crippen molar-refractivity contribution in [1.29, 1.82) is 0 Å². The maximum atomic E-state index is 4.00. The number of unbranched alkanes of at least 4 members (excludes halogenated alkanes) is 1. The standard InChI is InChI=1S/C12H16/c1-4-5-9-12-10(2)7-6-8-11(12)3/h6-9H,2,4-5H2,1,3H3. The molecule has 0 saturated carbocycles. The molecule has 0 aromatic heterocycles. The van der Waals surface area contributed by atoms with E-state index >= 15 is 0 Å². The monoisotopic (exact) mass is 160 g/mol. The van der Waals surface area contributed by atoms with E-state index in [2.05, 4.69) is 44.7 Å². The van der Waals surface area contributed by atoms with Gasteiger partial charge in [0, 0.05) is 0 Å². The van der Waals surface area contributed by atoms with E-state index in [4.69, 9.17) is 0 Å². The van der Waals surface area contributed by atoms with Gasteiger partial charge >= 0.3 is 0 Å². The van der Waals surface area contributed by atoms with Gasteiger partial charge in [0.15, 0.2) is 0 Å². The second kappa shape index (κ2) is 4.10. The highest BCUT2D eigenvalue weighted by atomic mass is 13.9. The third kappa shape index (κ3) is 1.97. The molecule has 1 aromatic rings. The van der Waals surface area contributed by atoms with Crippen LogP contribution in [0.15, 0.2) is 18.2 Å². The Kier molecular flexibility index (Phi) is 3.09. The summed E-state index contributed by atoms with van der Waals surface area (Å²) >= 11 is 0.